The van der Waals surface area contributed by atoms with Crippen LogP contribution < -0.4 is 14.8 Å². The maximum absolute atomic E-state index is 5.70. The Hall–Kier alpha value is -2.16. The third-order valence-corrected chi connectivity index (χ3v) is 3.75. The Morgan fingerprint density at radius 1 is 1.25 bits per heavy atom. The van der Waals surface area contributed by atoms with Gasteiger partial charge in [-0.1, -0.05) is 18.2 Å². The van der Waals surface area contributed by atoms with Crippen LogP contribution in [-0.4, -0.2) is 20.3 Å². The molecule has 104 valence electrons. The number of methoxy groups -OCH3 is 1. The molecule has 0 aliphatic carbocycles. The first-order valence-electron chi connectivity index (χ1n) is 6.88. The summed E-state index contributed by atoms with van der Waals surface area (Å²) in [4.78, 5) is 0. The summed E-state index contributed by atoms with van der Waals surface area (Å²) in [6.45, 7) is 3.68. The Morgan fingerprint density at radius 2 is 2.10 bits per heavy atom. The molecule has 3 rings (SSSR count). The van der Waals surface area contributed by atoms with Crippen LogP contribution in [0.3, 0.4) is 0 Å². The lowest BCUT2D eigenvalue weighted by Gasteiger charge is -2.13. The van der Waals surface area contributed by atoms with E-state index in [1.807, 2.05) is 24.3 Å². The summed E-state index contributed by atoms with van der Waals surface area (Å²) < 4.78 is 11.0. The highest BCUT2D eigenvalue weighted by molar-refractivity contribution is 5.51. The molecule has 0 fully saturated rings. The van der Waals surface area contributed by atoms with Crippen molar-refractivity contribution in [1.29, 1.82) is 0 Å². The molecule has 2 aromatic carbocycles. The summed E-state index contributed by atoms with van der Waals surface area (Å²) >= 11 is 0. The van der Waals surface area contributed by atoms with Crippen molar-refractivity contribution in [3.63, 3.8) is 0 Å². The second-order valence-electron chi connectivity index (χ2n) is 5.11. The van der Waals surface area contributed by atoms with E-state index >= 15 is 0 Å². The number of aryl methyl sites for hydroxylation is 1. The van der Waals surface area contributed by atoms with Crippen LogP contribution in [0.15, 0.2) is 42.5 Å². The molecule has 0 spiro atoms. The number of para-hydroxylation sites is 1. The fourth-order valence-corrected chi connectivity index (χ4v) is 2.63. The third-order valence-electron chi connectivity index (χ3n) is 3.75. The van der Waals surface area contributed by atoms with E-state index in [-0.39, 0.29) is 0 Å². The van der Waals surface area contributed by atoms with Gasteiger partial charge in [-0.3, -0.25) is 0 Å². The molecular weight excluding hydrogens is 250 g/mol. The van der Waals surface area contributed by atoms with E-state index in [2.05, 4.69) is 30.4 Å². The standard InChI is InChI=1S/C17H19NO2/c1-12-9-14(7-8-16(12)19-2)18-10-13-11-20-17-6-4-3-5-15(13)17/h3-9,13,18H,10-11H2,1-2H3. The van der Waals surface area contributed by atoms with Gasteiger partial charge in [-0.25, -0.2) is 0 Å². The minimum Gasteiger partial charge on any atom is -0.496 e. The Balaban J connectivity index is 1.67. The van der Waals surface area contributed by atoms with Crippen molar-refractivity contribution in [2.75, 3.05) is 25.6 Å². The van der Waals surface area contributed by atoms with Crippen molar-refractivity contribution < 1.29 is 9.47 Å². The van der Waals surface area contributed by atoms with E-state index in [0.29, 0.717) is 5.92 Å². The van der Waals surface area contributed by atoms with Gasteiger partial charge in [-0.2, -0.15) is 0 Å². The number of rotatable bonds is 4. The van der Waals surface area contributed by atoms with Gasteiger partial charge in [-0.05, 0) is 36.8 Å². The zero-order valence-corrected chi connectivity index (χ0v) is 11.8. The van der Waals surface area contributed by atoms with Crippen LogP contribution in [0.4, 0.5) is 5.69 Å². The van der Waals surface area contributed by atoms with Gasteiger partial charge in [0.05, 0.1) is 13.7 Å². The van der Waals surface area contributed by atoms with Gasteiger partial charge in [0, 0.05) is 23.7 Å². The van der Waals surface area contributed by atoms with Crippen LogP contribution in [0.5, 0.6) is 11.5 Å². The first kappa shape index (κ1) is 12.9. The number of benzene rings is 2. The molecule has 0 bridgehead atoms. The van der Waals surface area contributed by atoms with Gasteiger partial charge in [0.1, 0.15) is 11.5 Å². The molecule has 1 N–H and O–H groups in total. The minimum absolute atomic E-state index is 0.411. The summed E-state index contributed by atoms with van der Waals surface area (Å²) in [5.41, 5.74) is 3.55. The van der Waals surface area contributed by atoms with E-state index in [9.17, 15) is 0 Å². The molecule has 0 aromatic heterocycles. The molecule has 0 saturated carbocycles. The van der Waals surface area contributed by atoms with Crippen LogP contribution in [-0.2, 0) is 0 Å². The molecular formula is C17H19NO2. The molecule has 3 heteroatoms. The smallest absolute Gasteiger partial charge is 0.122 e. The number of nitrogens with one attached hydrogen (secondary N) is 1. The molecule has 0 saturated heterocycles. The van der Waals surface area contributed by atoms with E-state index in [4.69, 9.17) is 9.47 Å². The summed E-state index contributed by atoms with van der Waals surface area (Å²) in [7, 11) is 1.70. The maximum atomic E-state index is 5.70. The Bertz CT molecular complexity index is 610. The summed E-state index contributed by atoms with van der Waals surface area (Å²) in [6, 6.07) is 14.4. The summed E-state index contributed by atoms with van der Waals surface area (Å²) in [6.07, 6.45) is 0. The van der Waals surface area contributed by atoms with Gasteiger partial charge in [0.25, 0.3) is 0 Å². The first-order chi connectivity index (χ1) is 9.78. The summed E-state index contributed by atoms with van der Waals surface area (Å²) in [5.74, 6) is 2.35. The van der Waals surface area contributed by atoms with Gasteiger partial charge >= 0.3 is 0 Å². The highest BCUT2D eigenvalue weighted by atomic mass is 16.5. The van der Waals surface area contributed by atoms with Crippen LogP contribution in [0.1, 0.15) is 17.0 Å². The zero-order valence-electron chi connectivity index (χ0n) is 11.8. The lowest BCUT2D eigenvalue weighted by atomic mass is 10.0. The monoisotopic (exact) mass is 269 g/mol. The molecule has 0 amide bonds. The molecule has 2 aromatic rings. The number of hydrogen-bond acceptors (Lipinski definition) is 3. The lowest BCUT2D eigenvalue weighted by molar-refractivity contribution is 0.334. The van der Waals surface area contributed by atoms with E-state index < -0.39 is 0 Å². The van der Waals surface area contributed by atoms with Gasteiger partial charge in [0.15, 0.2) is 0 Å². The topological polar surface area (TPSA) is 30.5 Å². The second kappa shape index (κ2) is 5.45. The molecule has 20 heavy (non-hydrogen) atoms. The predicted molar refractivity (Wildman–Crippen MR) is 80.9 cm³/mol. The second-order valence-corrected chi connectivity index (χ2v) is 5.11. The normalized spacial score (nSPS) is 16.4. The largest absolute Gasteiger partial charge is 0.496 e. The number of ether oxygens (including phenoxy) is 2. The molecule has 1 aliphatic rings. The number of hydrogen-bond donors (Lipinski definition) is 1. The van der Waals surface area contributed by atoms with Crippen LogP contribution in [0, 0.1) is 6.92 Å². The molecule has 3 nitrogen and oxygen atoms in total. The van der Waals surface area contributed by atoms with Crippen LogP contribution >= 0.6 is 0 Å². The Kier molecular flexibility index (Phi) is 3.50. The number of fused-ring (bicyclic) bond motifs is 1. The Morgan fingerprint density at radius 3 is 2.90 bits per heavy atom. The fourth-order valence-electron chi connectivity index (χ4n) is 2.63. The highest BCUT2D eigenvalue weighted by Crippen LogP contribution is 2.33. The van der Waals surface area contributed by atoms with Gasteiger partial charge in [-0.15, -0.1) is 0 Å². The quantitative estimate of drug-likeness (QED) is 0.920. The predicted octanol–water partition coefficient (Wildman–Crippen LogP) is 3.59. The SMILES string of the molecule is COc1ccc(NCC2COc3ccccc32)cc1C. The van der Waals surface area contributed by atoms with Crippen LogP contribution in [0.2, 0.25) is 0 Å². The summed E-state index contributed by atoms with van der Waals surface area (Å²) in [5, 5.41) is 3.48. The van der Waals surface area contributed by atoms with Crippen molar-refractivity contribution in [3.05, 3.63) is 53.6 Å². The third kappa shape index (κ3) is 2.44. The molecule has 1 aliphatic heterocycles. The highest BCUT2D eigenvalue weighted by Gasteiger charge is 2.23. The minimum atomic E-state index is 0.411. The molecule has 1 unspecified atom stereocenters. The molecule has 1 heterocycles. The molecule has 0 radical (unpaired) electrons. The lowest BCUT2D eigenvalue weighted by Crippen LogP contribution is -2.13. The maximum Gasteiger partial charge on any atom is 0.122 e. The van der Waals surface area contributed by atoms with Crippen molar-refractivity contribution >= 4 is 5.69 Å². The number of anilines is 1. The van der Waals surface area contributed by atoms with Crippen molar-refractivity contribution in [2.24, 2.45) is 0 Å². The van der Waals surface area contributed by atoms with Gasteiger partial charge < -0.3 is 14.8 Å². The van der Waals surface area contributed by atoms with Gasteiger partial charge in [0.2, 0.25) is 0 Å². The van der Waals surface area contributed by atoms with E-state index in [1.54, 1.807) is 7.11 Å². The zero-order chi connectivity index (χ0) is 13.9. The van der Waals surface area contributed by atoms with E-state index in [0.717, 1.165) is 35.9 Å². The Labute approximate surface area is 119 Å². The average Bonchev–Trinajstić information content (AvgIpc) is 2.88. The van der Waals surface area contributed by atoms with Crippen molar-refractivity contribution in [1.82, 2.24) is 0 Å². The first-order valence-corrected chi connectivity index (χ1v) is 6.88. The van der Waals surface area contributed by atoms with Crippen LogP contribution in [0.25, 0.3) is 0 Å². The van der Waals surface area contributed by atoms with Crippen molar-refractivity contribution in [3.8, 4) is 11.5 Å². The van der Waals surface area contributed by atoms with Crippen molar-refractivity contribution in [2.45, 2.75) is 12.8 Å². The molecule has 1 atom stereocenters. The average molecular weight is 269 g/mol. The van der Waals surface area contributed by atoms with E-state index in [1.165, 1.54) is 5.56 Å². The fraction of sp³-hybridized carbons (Fsp3) is 0.294.